The van der Waals surface area contributed by atoms with Crippen LogP contribution in [0.25, 0.3) is 0 Å². The molecule has 108 valence electrons. The normalized spacial score (nSPS) is 24.7. The number of rotatable bonds is 9. The zero-order valence-corrected chi connectivity index (χ0v) is 12.6. The van der Waals surface area contributed by atoms with E-state index in [0.717, 1.165) is 51.4 Å². The Labute approximate surface area is 113 Å². The Kier molecular flexibility index (Phi) is 8.64. The zero-order chi connectivity index (χ0) is 13.2. The molecule has 3 heteroatoms. The molecule has 1 fully saturated rings. The molecule has 2 atom stereocenters. The maximum absolute atomic E-state index is 5.42. The van der Waals surface area contributed by atoms with Crippen LogP contribution in [0.4, 0.5) is 0 Å². The Morgan fingerprint density at radius 2 is 1.94 bits per heavy atom. The summed E-state index contributed by atoms with van der Waals surface area (Å²) in [6.07, 6.45) is 5.60. The van der Waals surface area contributed by atoms with Crippen LogP contribution in [0.15, 0.2) is 0 Å². The largest absolute Gasteiger partial charge is 0.380 e. The molecule has 0 saturated heterocycles. The molecule has 0 radical (unpaired) electrons. The lowest BCUT2D eigenvalue weighted by Crippen LogP contribution is -2.42. The van der Waals surface area contributed by atoms with Gasteiger partial charge in [-0.1, -0.05) is 26.7 Å². The predicted octanol–water partition coefficient (Wildman–Crippen LogP) is 2.51. The Balaban J connectivity index is 2.10. The lowest BCUT2D eigenvalue weighted by molar-refractivity contribution is 0.114. The second-order valence-electron chi connectivity index (χ2n) is 5.45. The molecule has 1 aliphatic rings. The molecule has 0 bridgehead atoms. The lowest BCUT2D eigenvalue weighted by atomic mass is 9.86. The topological polar surface area (TPSA) is 24.5 Å². The first-order chi connectivity index (χ1) is 8.77. The summed E-state index contributed by atoms with van der Waals surface area (Å²) in [4.78, 5) is 2.47. The van der Waals surface area contributed by atoms with Gasteiger partial charge < -0.3 is 15.0 Å². The molecule has 0 aromatic rings. The summed E-state index contributed by atoms with van der Waals surface area (Å²) in [5, 5.41) is 3.74. The van der Waals surface area contributed by atoms with Gasteiger partial charge in [-0.3, -0.25) is 0 Å². The third-order valence-electron chi connectivity index (χ3n) is 4.15. The standard InChI is InChI=1S/C15H32N2O/c1-4-17(12-13-18-5-2)11-10-16-15-9-7-6-8-14(15)3/h14-16H,4-13H2,1-3H3. The molecule has 0 aromatic heterocycles. The van der Waals surface area contributed by atoms with Gasteiger partial charge in [0.05, 0.1) is 6.61 Å². The van der Waals surface area contributed by atoms with Crippen molar-refractivity contribution in [3.63, 3.8) is 0 Å². The third-order valence-corrected chi connectivity index (χ3v) is 4.15. The molecular formula is C15H32N2O. The van der Waals surface area contributed by atoms with Crippen molar-refractivity contribution < 1.29 is 4.74 Å². The van der Waals surface area contributed by atoms with Gasteiger partial charge in [0.1, 0.15) is 0 Å². The van der Waals surface area contributed by atoms with Crippen LogP contribution in [0.2, 0.25) is 0 Å². The van der Waals surface area contributed by atoms with Crippen molar-refractivity contribution in [3.8, 4) is 0 Å². The van der Waals surface area contributed by atoms with E-state index in [9.17, 15) is 0 Å². The SMILES string of the molecule is CCOCCN(CC)CCNC1CCCCC1C. The van der Waals surface area contributed by atoms with Gasteiger partial charge in [-0.05, 0) is 32.2 Å². The second-order valence-corrected chi connectivity index (χ2v) is 5.45. The van der Waals surface area contributed by atoms with E-state index >= 15 is 0 Å². The number of nitrogens with one attached hydrogen (secondary N) is 1. The summed E-state index contributed by atoms with van der Waals surface area (Å²) in [7, 11) is 0. The third kappa shape index (κ3) is 6.17. The maximum atomic E-state index is 5.42. The van der Waals surface area contributed by atoms with Gasteiger partial charge in [-0.2, -0.15) is 0 Å². The smallest absolute Gasteiger partial charge is 0.0593 e. The van der Waals surface area contributed by atoms with Crippen molar-refractivity contribution >= 4 is 0 Å². The van der Waals surface area contributed by atoms with E-state index in [4.69, 9.17) is 4.74 Å². The first kappa shape index (κ1) is 15.9. The lowest BCUT2D eigenvalue weighted by Gasteiger charge is -2.30. The minimum Gasteiger partial charge on any atom is -0.380 e. The van der Waals surface area contributed by atoms with E-state index in [1.165, 1.54) is 25.7 Å². The summed E-state index contributed by atoms with van der Waals surface area (Å²) >= 11 is 0. The second kappa shape index (κ2) is 9.76. The number of hydrogen-bond acceptors (Lipinski definition) is 3. The fourth-order valence-corrected chi connectivity index (χ4v) is 2.79. The summed E-state index contributed by atoms with van der Waals surface area (Å²) in [6.45, 7) is 12.8. The minimum atomic E-state index is 0.754. The fourth-order valence-electron chi connectivity index (χ4n) is 2.79. The Bertz CT molecular complexity index is 199. The van der Waals surface area contributed by atoms with E-state index < -0.39 is 0 Å². The molecule has 0 heterocycles. The van der Waals surface area contributed by atoms with Crippen LogP contribution in [0.1, 0.15) is 46.5 Å². The van der Waals surface area contributed by atoms with Gasteiger partial charge >= 0.3 is 0 Å². The molecule has 1 N–H and O–H groups in total. The molecule has 1 saturated carbocycles. The molecule has 1 aliphatic carbocycles. The van der Waals surface area contributed by atoms with Gasteiger partial charge in [0, 0.05) is 32.3 Å². The highest BCUT2D eigenvalue weighted by Gasteiger charge is 2.20. The highest BCUT2D eigenvalue weighted by molar-refractivity contribution is 4.78. The molecule has 0 aliphatic heterocycles. The molecular weight excluding hydrogens is 224 g/mol. The summed E-state index contributed by atoms with van der Waals surface area (Å²) in [6, 6.07) is 0.754. The van der Waals surface area contributed by atoms with E-state index in [1.54, 1.807) is 0 Å². The Hall–Kier alpha value is -0.120. The molecule has 1 rings (SSSR count). The van der Waals surface area contributed by atoms with E-state index in [0.29, 0.717) is 0 Å². The number of hydrogen-bond donors (Lipinski definition) is 1. The molecule has 0 spiro atoms. The summed E-state index contributed by atoms with van der Waals surface area (Å²) < 4.78 is 5.42. The van der Waals surface area contributed by atoms with Crippen LogP contribution < -0.4 is 5.32 Å². The van der Waals surface area contributed by atoms with E-state index in [2.05, 4.69) is 31.0 Å². The highest BCUT2D eigenvalue weighted by Crippen LogP contribution is 2.23. The van der Waals surface area contributed by atoms with Crippen LogP contribution in [0, 0.1) is 5.92 Å². The van der Waals surface area contributed by atoms with Crippen LogP contribution in [0.3, 0.4) is 0 Å². The van der Waals surface area contributed by atoms with E-state index in [1.807, 2.05) is 0 Å². The van der Waals surface area contributed by atoms with Crippen molar-refractivity contribution in [3.05, 3.63) is 0 Å². The maximum Gasteiger partial charge on any atom is 0.0593 e. The molecule has 0 aromatic carbocycles. The minimum absolute atomic E-state index is 0.754. The van der Waals surface area contributed by atoms with Crippen LogP contribution in [-0.4, -0.2) is 50.3 Å². The van der Waals surface area contributed by atoms with Gasteiger partial charge in [0.25, 0.3) is 0 Å². The predicted molar refractivity (Wildman–Crippen MR) is 78.0 cm³/mol. The van der Waals surface area contributed by atoms with Gasteiger partial charge in [0.2, 0.25) is 0 Å². The van der Waals surface area contributed by atoms with Crippen LogP contribution in [0.5, 0.6) is 0 Å². The zero-order valence-electron chi connectivity index (χ0n) is 12.6. The van der Waals surface area contributed by atoms with E-state index in [-0.39, 0.29) is 0 Å². The first-order valence-corrected chi connectivity index (χ1v) is 7.81. The first-order valence-electron chi connectivity index (χ1n) is 7.81. The van der Waals surface area contributed by atoms with Crippen molar-refractivity contribution in [2.24, 2.45) is 5.92 Å². The highest BCUT2D eigenvalue weighted by atomic mass is 16.5. The Morgan fingerprint density at radius 1 is 1.17 bits per heavy atom. The summed E-state index contributed by atoms with van der Waals surface area (Å²) in [5.74, 6) is 0.859. The number of ether oxygens (including phenoxy) is 1. The van der Waals surface area contributed by atoms with Crippen molar-refractivity contribution in [2.45, 2.75) is 52.5 Å². The average molecular weight is 256 g/mol. The van der Waals surface area contributed by atoms with Gasteiger partial charge in [0.15, 0.2) is 0 Å². The van der Waals surface area contributed by atoms with Crippen molar-refractivity contribution in [1.82, 2.24) is 10.2 Å². The number of nitrogens with zero attached hydrogens (tertiary/aromatic N) is 1. The molecule has 2 unspecified atom stereocenters. The molecule has 3 nitrogen and oxygen atoms in total. The van der Waals surface area contributed by atoms with Crippen molar-refractivity contribution in [1.29, 1.82) is 0 Å². The van der Waals surface area contributed by atoms with Gasteiger partial charge in [-0.15, -0.1) is 0 Å². The van der Waals surface area contributed by atoms with Crippen molar-refractivity contribution in [2.75, 3.05) is 39.4 Å². The molecule has 0 amide bonds. The summed E-state index contributed by atoms with van der Waals surface area (Å²) in [5.41, 5.74) is 0. The van der Waals surface area contributed by atoms with Gasteiger partial charge in [-0.25, -0.2) is 0 Å². The quantitative estimate of drug-likeness (QED) is 0.642. The van der Waals surface area contributed by atoms with Crippen LogP contribution in [-0.2, 0) is 4.74 Å². The van der Waals surface area contributed by atoms with Crippen LogP contribution >= 0.6 is 0 Å². The Morgan fingerprint density at radius 3 is 2.61 bits per heavy atom. The fraction of sp³-hybridized carbons (Fsp3) is 1.00. The average Bonchev–Trinajstić information content (AvgIpc) is 2.39. The number of likely N-dealkylation sites (N-methyl/N-ethyl adjacent to an activating group) is 1. The molecule has 18 heavy (non-hydrogen) atoms. The monoisotopic (exact) mass is 256 g/mol.